The van der Waals surface area contributed by atoms with E-state index >= 15 is 0 Å². The highest BCUT2D eigenvalue weighted by atomic mass is 16.1. The minimum atomic E-state index is 0.0998. The van der Waals surface area contributed by atoms with Crippen molar-refractivity contribution in [3.05, 3.63) is 70.8 Å². The molecule has 0 saturated heterocycles. The molecule has 0 saturated carbocycles. The second-order valence-corrected chi connectivity index (χ2v) is 5.89. The fraction of sp³-hybridized carbons (Fsp3) is 0.316. The maximum atomic E-state index is 12.5. The Morgan fingerprint density at radius 1 is 0.750 bits per heavy atom. The summed E-state index contributed by atoms with van der Waals surface area (Å²) in [5, 5.41) is 0. The van der Waals surface area contributed by atoms with E-state index < -0.39 is 0 Å². The standard InChI is InChI=1S/C19H22O/c1-13(2)15-8-10-16(11-9-15)19(20)18-7-5-6-17(12-18)14(3)4/h5-14H,1-4H3. The zero-order valence-electron chi connectivity index (χ0n) is 12.7. The summed E-state index contributed by atoms with van der Waals surface area (Å²) in [4.78, 5) is 12.5. The number of benzene rings is 2. The van der Waals surface area contributed by atoms with Gasteiger partial charge in [0.15, 0.2) is 5.78 Å². The summed E-state index contributed by atoms with van der Waals surface area (Å²) in [6.07, 6.45) is 0. The fourth-order valence-electron chi connectivity index (χ4n) is 2.23. The van der Waals surface area contributed by atoms with Gasteiger partial charge in [0, 0.05) is 11.1 Å². The highest BCUT2D eigenvalue weighted by Gasteiger charge is 2.11. The number of carbonyl (C=O) groups is 1. The Labute approximate surface area is 121 Å². The third-order valence-electron chi connectivity index (χ3n) is 3.66. The molecule has 1 nitrogen and oxygen atoms in total. The first-order valence-corrected chi connectivity index (χ1v) is 7.23. The molecule has 0 aliphatic rings. The van der Waals surface area contributed by atoms with Crippen molar-refractivity contribution in [2.24, 2.45) is 0 Å². The SMILES string of the molecule is CC(C)c1ccc(C(=O)c2cccc(C(C)C)c2)cc1. The average molecular weight is 266 g/mol. The third kappa shape index (κ3) is 3.16. The minimum absolute atomic E-state index is 0.0998. The maximum absolute atomic E-state index is 12.5. The van der Waals surface area contributed by atoms with Gasteiger partial charge in [-0.25, -0.2) is 0 Å². The first-order chi connectivity index (χ1) is 9.49. The molecule has 0 aliphatic carbocycles. The molecule has 1 heteroatoms. The van der Waals surface area contributed by atoms with E-state index in [1.165, 1.54) is 11.1 Å². The van der Waals surface area contributed by atoms with Crippen LogP contribution >= 0.6 is 0 Å². The molecule has 0 radical (unpaired) electrons. The van der Waals surface area contributed by atoms with Crippen LogP contribution in [-0.4, -0.2) is 5.78 Å². The van der Waals surface area contributed by atoms with E-state index in [0.29, 0.717) is 11.8 Å². The van der Waals surface area contributed by atoms with Crippen molar-refractivity contribution < 1.29 is 4.79 Å². The monoisotopic (exact) mass is 266 g/mol. The number of hydrogen-bond donors (Lipinski definition) is 0. The summed E-state index contributed by atoms with van der Waals surface area (Å²) >= 11 is 0. The molecule has 0 aliphatic heterocycles. The molecule has 0 aromatic heterocycles. The summed E-state index contributed by atoms with van der Waals surface area (Å²) in [6, 6.07) is 15.9. The molecule has 0 bridgehead atoms. The molecule has 0 amide bonds. The molecule has 2 aromatic rings. The molecule has 0 atom stereocenters. The van der Waals surface area contributed by atoms with Crippen molar-refractivity contribution in [2.45, 2.75) is 39.5 Å². The zero-order chi connectivity index (χ0) is 14.7. The zero-order valence-corrected chi connectivity index (χ0v) is 12.7. The molecule has 104 valence electrons. The Bertz CT molecular complexity index is 591. The van der Waals surface area contributed by atoms with Crippen LogP contribution in [0.15, 0.2) is 48.5 Å². The van der Waals surface area contributed by atoms with Gasteiger partial charge in [0.25, 0.3) is 0 Å². The Hall–Kier alpha value is -1.89. The van der Waals surface area contributed by atoms with E-state index in [1.807, 2.05) is 42.5 Å². The van der Waals surface area contributed by atoms with Gasteiger partial charge in [0.2, 0.25) is 0 Å². The number of ketones is 1. The molecular formula is C19H22O. The van der Waals surface area contributed by atoms with Crippen LogP contribution in [0, 0.1) is 0 Å². The predicted molar refractivity (Wildman–Crippen MR) is 84.5 cm³/mol. The Kier molecular flexibility index (Phi) is 4.39. The smallest absolute Gasteiger partial charge is 0.193 e. The largest absolute Gasteiger partial charge is 0.289 e. The van der Waals surface area contributed by atoms with Gasteiger partial charge in [-0.2, -0.15) is 0 Å². The lowest BCUT2D eigenvalue weighted by Gasteiger charge is -2.09. The van der Waals surface area contributed by atoms with E-state index in [4.69, 9.17) is 0 Å². The van der Waals surface area contributed by atoms with Crippen LogP contribution in [0.4, 0.5) is 0 Å². The van der Waals surface area contributed by atoms with Crippen molar-refractivity contribution in [3.8, 4) is 0 Å². The number of rotatable bonds is 4. The van der Waals surface area contributed by atoms with E-state index in [1.54, 1.807) is 0 Å². The third-order valence-corrected chi connectivity index (χ3v) is 3.66. The Morgan fingerprint density at radius 3 is 1.90 bits per heavy atom. The Morgan fingerprint density at radius 2 is 1.35 bits per heavy atom. The van der Waals surface area contributed by atoms with Crippen molar-refractivity contribution in [1.82, 2.24) is 0 Å². The summed E-state index contributed by atoms with van der Waals surface area (Å²) < 4.78 is 0. The van der Waals surface area contributed by atoms with Gasteiger partial charge in [0.1, 0.15) is 0 Å². The van der Waals surface area contributed by atoms with E-state index in [0.717, 1.165) is 11.1 Å². The lowest BCUT2D eigenvalue weighted by molar-refractivity contribution is 0.103. The second kappa shape index (κ2) is 6.04. The second-order valence-electron chi connectivity index (χ2n) is 5.89. The maximum Gasteiger partial charge on any atom is 0.193 e. The fourth-order valence-corrected chi connectivity index (χ4v) is 2.23. The lowest BCUT2D eigenvalue weighted by atomic mass is 9.95. The van der Waals surface area contributed by atoms with Crippen molar-refractivity contribution in [2.75, 3.05) is 0 Å². The van der Waals surface area contributed by atoms with Crippen molar-refractivity contribution in [3.63, 3.8) is 0 Å². The minimum Gasteiger partial charge on any atom is -0.289 e. The molecule has 0 N–H and O–H groups in total. The van der Waals surface area contributed by atoms with Gasteiger partial charge in [-0.05, 0) is 29.0 Å². The van der Waals surface area contributed by atoms with Gasteiger partial charge in [-0.15, -0.1) is 0 Å². The van der Waals surface area contributed by atoms with Crippen molar-refractivity contribution in [1.29, 1.82) is 0 Å². The van der Waals surface area contributed by atoms with Crippen LogP contribution in [0.2, 0.25) is 0 Å². The van der Waals surface area contributed by atoms with Gasteiger partial charge >= 0.3 is 0 Å². The molecule has 2 aromatic carbocycles. The van der Waals surface area contributed by atoms with Crippen LogP contribution < -0.4 is 0 Å². The van der Waals surface area contributed by atoms with Crippen LogP contribution in [0.5, 0.6) is 0 Å². The normalized spacial score (nSPS) is 11.1. The number of hydrogen-bond acceptors (Lipinski definition) is 1. The molecule has 0 unspecified atom stereocenters. The van der Waals surface area contributed by atoms with Crippen LogP contribution in [0.25, 0.3) is 0 Å². The molecule has 0 heterocycles. The molecule has 0 fully saturated rings. The van der Waals surface area contributed by atoms with Crippen molar-refractivity contribution >= 4 is 5.78 Å². The van der Waals surface area contributed by atoms with Gasteiger partial charge in [0.05, 0.1) is 0 Å². The van der Waals surface area contributed by atoms with Crippen LogP contribution in [0.1, 0.15) is 66.6 Å². The molecule has 0 spiro atoms. The van der Waals surface area contributed by atoms with Crippen LogP contribution in [0.3, 0.4) is 0 Å². The van der Waals surface area contributed by atoms with Gasteiger partial charge in [-0.1, -0.05) is 70.2 Å². The Balaban J connectivity index is 2.29. The summed E-state index contributed by atoms with van der Waals surface area (Å²) in [5.74, 6) is 1.03. The summed E-state index contributed by atoms with van der Waals surface area (Å²) in [5.41, 5.74) is 4.00. The molecular weight excluding hydrogens is 244 g/mol. The van der Waals surface area contributed by atoms with Crippen LogP contribution in [-0.2, 0) is 0 Å². The van der Waals surface area contributed by atoms with E-state index in [2.05, 4.69) is 33.8 Å². The average Bonchev–Trinajstić information content (AvgIpc) is 2.46. The first kappa shape index (κ1) is 14.5. The topological polar surface area (TPSA) is 17.1 Å². The van der Waals surface area contributed by atoms with Gasteiger partial charge in [-0.3, -0.25) is 4.79 Å². The lowest BCUT2D eigenvalue weighted by Crippen LogP contribution is -2.03. The first-order valence-electron chi connectivity index (χ1n) is 7.23. The molecule has 20 heavy (non-hydrogen) atoms. The van der Waals surface area contributed by atoms with Gasteiger partial charge < -0.3 is 0 Å². The quantitative estimate of drug-likeness (QED) is 0.698. The predicted octanol–water partition coefficient (Wildman–Crippen LogP) is 5.16. The highest BCUT2D eigenvalue weighted by Crippen LogP contribution is 2.19. The van der Waals surface area contributed by atoms with E-state index in [-0.39, 0.29) is 5.78 Å². The van der Waals surface area contributed by atoms with E-state index in [9.17, 15) is 4.79 Å². The number of carbonyl (C=O) groups excluding carboxylic acids is 1. The summed E-state index contributed by atoms with van der Waals surface area (Å²) in [7, 11) is 0. The summed E-state index contributed by atoms with van der Waals surface area (Å²) in [6.45, 7) is 8.59. The molecule has 2 rings (SSSR count). The highest BCUT2D eigenvalue weighted by molar-refractivity contribution is 6.09.